The lowest BCUT2D eigenvalue weighted by Crippen LogP contribution is -2.18. The third-order valence-electron chi connectivity index (χ3n) is 2.59. The Kier molecular flexibility index (Phi) is 1.57. The van der Waals surface area contributed by atoms with Crippen molar-refractivity contribution in [2.75, 3.05) is 19.6 Å². The van der Waals surface area contributed by atoms with Gasteiger partial charge in [-0.1, -0.05) is 0 Å². The summed E-state index contributed by atoms with van der Waals surface area (Å²) in [6.07, 6.45) is 3.09. The average molecular weight is 151 g/mol. The van der Waals surface area contributed by atoms with E-state index in [1.165, 1.54) is 25.1 Å². The fourth-order valence-corrected chi connectivity index (χ4v) is 2.09. The van der Waals surface area contributed by atoms with Gasteiger partial charge in [-0.25, -0.2) is 0 Å². The molecule has 0 amide bonds. The van der Waals surface area contributed by atoms with Gasteiger partial charge in [0, 0.05) is 13.1 Å². The number of fused-ring (bicyclic) bond motifs is 2. The minimum absolute atomic E-state index is 0.203. The average Bonchev–Trinajstić information content (AvgIpc) is 2.45. The SMILES string of the molecule is CC(=O)/C=C1/CN2CCC1C2. The molecule has 2 heteroatoms. The summed E-state index contributed by atoms with van der Waals surface area (Å²) in [4.78, 5) is 13.2. The Balaban J connectivity index is 2.13. The van der Waals surface area contributed by atoms with Gasteiger partial charge < -0.3 is 0 Å². The van der Waals surface area contributed by atoms with Gasteiger partial charge in [-0.05, 0) is 37.5 Å². The van der Waals surface area contributed by atoms with Crippen molar-refractivity contribution in [2.45, 2.75) is 13.3 Å². The summed E-state index contributed by atoms with van der Waals surface area (Å²) >= 11 is 0. The van der Waals surface area contributed by atoms with E-state index in [4.69, 9.17) is 0 Å². The number of piperidine rings is 1. The van der Waals surface area contributed by atoms with Crippen molar-refractivity contribution < 1.29 is 4.79 Å². The van der Waals surface area contributed by atoms with E-state index in [1.54, 1.807) is 6.92 Å². The summed E-state index contributed by atoms with van der Waals surface area (Å²) in [5.41, 5.74) is 1.36. The van der Waals surface area contributed by atoms with Crippen LogP contribution in [0, 0.1) is 5.92 Å². The van der Waals surface area contributed by atoms with Gasteiger partial charge >= 0.3 is 0 Å². The second-order valence-electron chi connectivity index (χ2n) is 3.55. The maximum Gasteiger partial charge on any atom is 0.152 e. The van der Waals surface area contributed by atoms with E-state index in [-0.39, 0.29) is 5.78 Å². The Morgan fingerprint density at radius 3 is 3.00 bits per heavy atom. The fourth-order valence-electron chi connectivity index (χ4n) is 2.09. The van der Waals surface area contributed by atoms with Gasteiger partial charge in [0.25, 0.3) is 0 Å². The zero-order valence-corrected chi connectivity index (χ0v) is 6.84. The number of carbonyl (C=O) groups excluding carboxylic acids is 1. The van der Waals surface area contributed by atoms with Crippen LogP contribution in [0.1, 0.15) is 13.3 Å². The van der Waals surface area contributed by atoms with Crippen molar-refractivity contribution in [3.63, 3.8) is 0 Å². The number of rotatable bonds is 1. The molecule has 2 saturated heterocycles. The zero-order valence-electron chi connectivity index (χ0n) is 6.84. The van der Waals surface area contributed by atoms with Crippen LogP contribution in [0.4, 0.5) is 0 Å². The molecule has 2 aliphatic rings. The molecular formula is C9H13NO. The summed E-state index contributed by atoms with van der Waals surface area (Å²) in [7, 11) is 0. The lowest BCUT2D eigenvalue weighted by molar-refractivity contribution is -0.112. The van der Waals surface area contributed by atoms with Gasteiger partial charge in [0.1, 0.15) is 0 Å². The van der Waals surface area contributed by atoms with E-state index in [2.05, 4.69) is 4.90 Å². The molecule has 0 aromatic rings. The summed E-state index contributed by atoms with van der Waals surface area (Å²) in [6, 6.07) is 0. The van der Waals surface area contributed by atoms with Crippen LogP contribution in [0.3, 0.4) is 0 Å². The molecule has 60 valence electrons. The second-order valence-corrected chi connectivity index (χ2v) is 3.55. The molecule has 2 heterocycles. The molecule has 0 aromatic carbocycles. The van der Waals surface area contributed by atoms with Gasteiger partial charge in [-0.3, -0.25) is 9.69 Å². The molecule has 0 aromatic heterocycles. The highest BCUT2D eigenvalue weighted by molar-refractivity contribution is 5.88. The normalized spacial score (nSPS) is 38.5. The molecule has 2 rings (SSSR count). The molecule has 2 bridgehead atoms. The molecule has 2 nitrogen and oxygen atoms in total. The summed E-state index contributed by atoms with van der Waals surface area (Å²) in [5, 5.41) is 0. The lowest BCUT2D eigenvalue weighted by atomic mass is 9.98. The smallest absolute Gasteiger partial charge is 0.152 e. The number of allylic oxidation sites excluding steroid dienone is 1. The Bertz CT molecular complexity index is 220. The standard InChI is InChI=1S/C9H13NO/c1-7(11)4-9-6-10-3-2-8(9)5-10/h4,8H,2-3,5-6H2,1H3/b9-4-. The van der Waals surface area contributed by atoms with Crippen molar-refractivity contribution in [2.24, 2.45) is 5.92 Å². The first-order valence-corrected chi connectivity index (χ1v) is 4.19. The first-order chi connectivity index (χ1) is 5.25. The minimum Gasteiger partial charge on any atom is -0.299 e. The van der Waals surface area contributed by atoms with Crippen molar-refractivity contribution in [3.05, 3.63) is 11.6 Å². The second kappa shape index (κ2) is 2.45. The topological polar surface area (TPSA) is 20.3 Å². The molecule has 2 unspecified atom stereocenters. The molecule has 2 fully saturated rings. The number of hydrogen-bond donors (Lipinski definition) is 0. The molecule has 0 saturated carbocycles. The van der Waals surface area contributed by atoms with E-state index in [0.29, 0.717) is 5.92 Å². The molecular weight excluding hydrogens is 138 g/mol. The Labute approximate surface area is 66.9 Å². The van der Waals surface area contributed by atoms with E-state index in [9.17, 15) is 4.79 Å². The predicted molar refractivity (Wildman–Crippen MR) is 43.3 cm³/mol. The molecule has 11 heavy (non-hydrogen) atoms. The maximum atomic E-state index is 10.8. The van der Waals surface area contributed by atoms with Gasteiger partial charge in [-0.2, -0.15) is 0 Å². The van der Waals surface area contributed by atoms with Crippen LogP contribution in [0.25, 0.3) is 0 Å². The summed E-state index contributed by atoms with van der Waals surface area (Å²) in [6.45, 7) is 5.11. The van der Waals surface area contributed by atoms with Gasteiger partial charge in [-0.15, -0.1) is 0 Å². The molecule has 0 spiro atoms. The van der Waals surface area contributed by atoms with Crippen LogP contribution < -0.4 is 0 Å². The number of ketones is 1. The molecule has 2 aliphatic heterocycles. The van der Waals surface area contributed by atoms with Crippen LogP contribution in [0.5, 0.6) is 0 Å². The van der Waals surface area contributed by atoms with E-state index >= 15 is 0 Å². The number of nitrogens with zero attached hydrogens (tertiary/aromatic N) is 1. The van der Waals surface area contributed by atoms with E-state index in [0.717, 1.165) is 6.54 Å². The van der Waals surface area contributed by atoms with Crippen molar-refractivity contribution in [3.8, 4) is 0 Å². The van der Waals surface area contributed by atoms with Crippen LogP contribution in [-0.4, -0.2) is 30.3 Å². The fraction of sp³-hybridized carbons (Fsp3) is 0.667. The Morgan fingerprint density at radius 1 is 1.73 bits per heavy atom. The van der Waals surface area contributed by atoms with Crippen molar-refractivity contribution in [1.29, 1.82) is 0 Å². The zero-order chi connectivity index (χ0) is 7.84. The first-order valence-electron chi connectivity index (χ1n) is 4.19. The summed E-state index contributed by atoms with van der Waals surface area (Å²) < 4.78 is 0. The van der Waals surface area contributed by atoms with Crippen LogP contribution >= 0.6 is 0 Å². The highest BCUT2D eigenvalue weighted by Gasteiger charge is 2.33. The largest absolute Gasteiger partial charge is 0.299 e. The van der Waals surface area contributed by atoms with E-state index in [1.807, 2.05) is 6.08 Å². The maximum absolute atomic E-state index is 10.8. The quantitative estimate of drug-likeness (QED) is 0.517. The molecule has 0 N–H and O–H groups in total. The molecule has 0 radical (unpaired) electrons. The Hall–Kier alpha value is -0.630. The highest BCUT2D eigenvalue weighted by Crippen LogP contribution is 2.31. The predicted octanol–water partition coefficient (Wildman–Crippen LogP) is 0.837. The lowest BCUT2D eigenvalue weighted by Gasteiger charge is -2.13. The summed E-state index contributed by atoms with van der Waals surface area (Å²) in [5.74, 6) is 0.910. The van der Waals surface area contributed by atoms with Gasteiger partial charge in [0.15, 0.2) is 5.78 Å². The molecule has 0 aliphatic carbocycles. The third kappa shape index (κ3) is 1.23. The third-order valence-corrected chi connectivity index (χ3v) is 2.59. The first kappa shape index (κ1) is 7.04. The van der Waals surface area contributed by atoms with E-state index < -0.39 is 0 Å². The molecule has 2 atom stereocenters. The van der Waals surface area contributed by atoms with Crippen LogP contribution in [0.2, 0.25) is 0 Å². The highest BCUT2D eigenvalue weighted by atomic mass is 16.1. The number of hydrogen-bond acceptors (Lipinski definition) is 2. The number of carbonyl (C=O) groups is 1. The van der Waals surface area contributed by atoms with Gasteiger partial charge in [0.2, 0.25) is 0 Å². The van der Waals surface area contributed by atoms with Crippen LogP contribution in [-0.2, 0) is 4.79 Å². The van der Waals surface area contributed by atoms with Crippen molar-refractivity contribution in [1.82, 2.24) is 4.90 Å². The Morgan fingerprint density at radius 2 is 2.55 bits per heavy atom. The van der Waals surface area contributed by atoms with Gasteiger partial charge in [0.05, 0.1) is 0 Å². The minimum atomic E-state index is 0.203. The van der Waals surface area contributed by atoms with Crippen LogP contribution in [0.15, 0.2) is 11.6 Å². The monoisotopic (exact) mass is 151 g/mol. The van der Waals surface area contributed by atoms with Crippen molar-refractivity contribution >= 4 is 5.78 Å².